The molecule has 3 aromatic rings. The minimum atomic E-state index is -0.445. The number of thiazole rings is 1. The molecule has 1 N–H and O–H groups in total. The summed E-state index contributed by atoms with van der Waals surface area (Å²) < 4.78 is 5.63. The summed E-state index contributed by atoms with van der Waals surface area (Å²) in [5.74, 6) is -0.728. The molecular formula is C14H10N2O3S2. The van der Waals surface area contributed by atoms with Crippen LogP contribution in [0.3, 0.4) is 0 Å². The Bertz CT molecular complexity index is 789. The highest BCUT2D eigenvalue weighted by molar-refractivity contribution is 7.22. The molecule has 2 heterocycles. The van der Waals surface area contributed by atoms with Gasteiger partial charge in [-0.15, -0.1) is 11.3 Å². The monoisotopic (exact) mass is 318 g/mol. The molecule has 3 rings (SSSR count). The predicted octanol–water partition coefficient (Wildman–Crippen LogP) is 3.40. The number of benzene rings is 1. The minimum Gasteiger partial charge on any atom is -0.465 e. The van der Waals surface area contributed by atoms with Gasteiger partial charge in [0.25, 0.3) is 5.91 Å². The van der Waals surface area contributed by atoms with E-state index in [9.17, 15) is 9.59 Å². The van der Waals surface area contributed by atoms with Crippen LogP contribution in [0.4, 0.5) is 5.13 Å². The molecule has 0 aliphatic heterocycles. The lowest BCUT2D eigenvalue weighted by atomic mass is 10.3. The van der Waals surface area contributed by atoms with Gasteiger partial charge in [-0.25, -0.2) is 9.78 Å². The van der Waals surface area contributed by atoms with Crippen molar-refractivity contribution in [3.8, 4) is 0 Å². The fourth-order valence-corrected chi connectivity index (χ4v) is 3.43. The van der Waals surface area contributed by atoms with Gasteiger partial charge in [-0.2, -0.15) is 0 Å². The standard InChI is InChI=1S/C14H10N2O3S2/c1-19-13(18)11-7-6-10(20-11)12(17)16-14-15-8-4-2-3-5-9(8)21-14/h2-7H,1H3,(H,15,16,17). The number of esters is 1. The molecule has 21 heavy (non-hydrogen) atoms. The van der Waals surface area contributed by atoms with E-state index in [1.807, 2.05) is 24.3 Å². The number of carbonyl (C=O) groups is 2. The summed E-state index contributed by atoms with van der Waals surface area (Å²) in [7, 11) is 1.31. The van der Waals surface area contributed by atoms with Crippen LogP contribution in [0, 0.1) is 0 Å². The molecule has 0 atom stereocenters. The van der Waals surface area contributed by atoms with Gasteiger partial charge in [-0.05, 0) is 24.3 Å². The highest BCUT2D eigenvalue weighted by Crippen LogP contribution is 2.26. The van der Waals surface area contributed by atoms with Crippen molar-refractivity contribution in [2.45, 2.75) is 0 Å². The fourth-order valence-electron chi connectivity index (χ4n) is 1.75. The van der Waals surface area contributed by atoms with E-state index in [2.05, 4.69) is 15.0 Å². The topological polar surface area (TPSA) is 68.3 Å². The van der Waals surface area contributed by atoms with Crippen molar-refractivity contribution in [2.75, 3.05) is 12.4 Å². The molecule has 0 bridgehead atoms. The van der Waals surface area contributed by atoms with Gasteiger partial charge in [-0.1, -0.05) is 23.5 Å². The number of ether oxygens (including phenoxy) is 1. The molecular weight excluding hydrogens is 308 g/mol. The molecule has 1 aromatic carbocycles. The van der Waals surface area contributed by atoms with Crippen LogP contribution in [0.2, 0.25) is 0 Å². The molecule has 5 nitrogen and oxygen atoms in total. The van der Waals surface area contributed by atoms with E-state index < -0.39 is 5.97 Å². The number of amides is 1. The fraction of sp³-hybridized carbons (Fsp3) is 0.0714. The maximum absolute atomic E-state index is 12.1. The molecule has 0 aliphatic carbocycles. The van der Waals surface area contributed by atoms with Crippen molar-refractivity contribution in [2.24, 2.45) is 0 Å². The maximum Gasteiger partial charge on any atom is 0.348 e. The van der Waals surface area contributed by atoms with Crippen LogP contribution in [0.15, 0.2) is 36.4 Å². The number of para-hydroxylation sites is 1. The molecule has 0 aliphatic rings. The number of aromatic nitrogens is 1. The molecule has 0 unspecified atom stereocenters. The van der Waals surface area contributed by atoms with E-state index in [4.69, 9.17) is 0 Å². The summed E-state index contributed by atoms with van der Waals surface area (Å²) in [5, 5.41) is 3.28. The second-order valence-electron chi connectivity index (χ2n) is 4.10. The third-order valence-corrected chi connectivity index (χ3v) is 4.75. The highest BCUT2D eigenvalue weighted by Gasteiger charge is 2.15. The van der Waals surface area contributed by atoms with Crippen LogP contribution >= 0.6 is 22.7 Å². The summed E-state index contributed by atoms with van der Waals surface area (Å²) in [6.07, 6.45) is 0. The Morgan fingerprint density at radius 3 is 2.62 bits per heavy atom. The summed E-state index contributed by atoms with van der Waals surface area (Å²) in [5.41, 5.74) is 0.847. The molecule has 0 fully saturated rings. The number of methoxy groups -OCH3 is 1. The molecule has 0 radical (unpaired) electrons. The Labute approximate surface area is 128 Å². The van der Waals surface area contributed by atoms with Crippen LogP contribution in [-0.2, 0) is 4.74 Å². The van der Waals surface area contributed by atoms with Crippen LogP contribution in [0.1, 0.15) is 19.3 Å². The number of hydrogen-bond donors (Lipinski definition) is 1. The first-order valence-corrected chi connectivity index (χ1v) is 7.66. The molecule has 1 amide bonds. The first kappa shape index (κ1) is 13.7. The number of thiophene rings is 1. The number of nitrogens with zero attached hydrogens (tertiary/aromatic N) is 1. The average molecular weight is 318 g/mol. The zero-order valence-corrected chi connectivity index (χ0v) is 12.6. The normalized spacial score (nSPS) is 10.5. The van der Waals surface area contributed by atoms with Gasteiger partial charge in [0.05, 0.1) is 22.2 Å². The highest BCUT2D eigenvalue weighted by atomic mass is 32.1. The third-order valence-electron chi connectivity index (χ3n) is 2.73. The molecule has 0 saturated carbocycles. The number of hydrogen-bond acceptors (Lipinski definition) is 6. The van der Waals surface area contributed by atoms with E-state index in [0.717, 1.165) is 21.6 Å². The Morgan fingerprint density at radius 1 is 1.10 bits per heavy atom. The zero-order chi connectivity index (χ0) is 14.8. The van der Waals surface area contributed by atoms with Crippen molar-refractivity contribution in [3.63, 3.8) is 0 Å². The smallest absolute Gasteiger partial charge is 0.348 e. The third kappa shape index (κ3) is 2.79. The van der Waals surface area contributed by atoms with Crippen LogP contribution < -0.4 is 5.32 Å². The number of nitrogens with one attached hydrogen (secondary N) is 1. The number of fused-ring (bicyclic) bond motifs is 1. The van der Waals surface area contributed by atoms with E-state index in [1.165, 1.54) is 18.4 Å². The lowest BCUT2D eigenvalue weighted by molar-refractivity contribution is 0.0606. The van der Waals surface area contributed by atoms with Crippen LogP contribution in [-0.4, -0.2) is 24.0 Å². The Kier molecular flexibility index (Phi) is 3.68. The van der Waals surface area contributed by atoms with E-state index in [0.29, 0.717) is 14.9 Å². The van der Waals surface area contributed by atoms with Crippen molar-refractivity contribution in [3.05, 3.63) is 46.2 Å². The number of rotatable bonds is 3. The van der Waals surface area contributed by atoms with Gasteiger partial charge in [0, 0.05) is 0 Å². The maximum atomic E-state index is 12.1. The van der Waals surface area contributed by atoms with Gasteiger partial charge in [-0.3, -0.25) is 10.1 Å². The Balaban J connectivity index is 1.79. The van der Waals surface area contributed by atoms with Crippen molar-refractivity contribution < 1.29 is 14.3 Å². The SMILES string of the molecule is COC(=O)c1ccc(C(=O)Nc2nc3ccccc3s2)s1. The lowest BCUT2D eigenvalue weighted by Crippen LogP contribution is -2.09. The minimum absolute atomic E-state index is 0.283. The number of anilines is 1. The Hall–Kier alpha value is -2.25. The van der Waals surface area contributed by atoms with Crippen LogP contribution in [0.5, 0.6) is 0 Å². The van der Waals surface area contributed by atoms with Crippen molar-refractivity contribution >= 4 is 49.9 Å². The van der Waals surface area contributed by atoms with Gasteiger partial charge >= 0.3 is 5.97 Å². The summed E-state index contributed by atoms with van der Waals surface area (Å²) in [4.78, 5) is 28.7. The lowest BCUT2D eigenvalue weighted by Gasteiger charge is -1.97. The zero-order valence-electron chi connectivity index (χ0n) is 11.0. The summed E-state index contributed by atoms with van der Waals surface area (Å²) in [6, 6.07) is 10.8. The molecule has 0 spiro atoms. The van der Waals surface area contributed by atoms with Crippen molar-refractivity contribution in [1.82, 2.24) is 4.98 Å². The largest absolute Gasteiger partial charge is 0.465 e. The van der Waals surface area contributed by atoms with Gasteiger partial charge < -0.3 is 4.74 Å². The van der Waals surface area contributed by atoms with E-state index >= 15 is 0 Å². The van der Waals surface area contributed by atoms with Crippen LogP contribution in [0.25, 0.3) is 10.2 Å². The van der Waals surface area contributed by atoms with Gasteiger partial charge in [0.15, 0.2) is 5.13 Å². The average Bonchev–Trinajstić information content (AvgIpc) is 3.12. The molecule has 7 heteroatoms. The first-order chi connectivity index (χ1) is 10.2. The molecule has 106 valence electrons. The second kappa shape index (κ2) is 5.63. The second-order valence-corrected chi connectivity index (χ2v) is 6.21. The summed E-state index contributed by atoms with van der Waals surface area (Å²) >= 11 is 2.50. The van der Waals surface area contributed by atoms with Gasteiger partial charge in [0.1, 0.15) is 4.88 Å². The number of carbonyl (C=O) groups excluding carboxylic acids is 2. The van der Waals surface area contributed by atoms with Crippen molar-refractivity contribution in [1.29, 1.82) is 0 Å². The quantitative estimate of drug-likeness (QED) is 0.752. The predicted molar refractivity (Wildman–Crippen MR) is 83.2 cm³/mol. The molecule has 2 aromatic heterocycles. The first-order valence-electron chi connectivity index (χ1n) is 6.02. The van der Waals surface area contributed by atoms with E-state index in [1.54, 1.807) is 12.1 Å². The summed E-state index contributed by atoms with van der Waals surface area (Å²) in [6.45, 7) is 0. The Morgan fingerprint density at radius 2 is 1.86 bits per heavy atom. The molecule has 0 saturated heterocycles. The van der Waals surface area contributed by atoms with Gasteiger partial charge in [0.2, 0.25) is 0 Å². The van der Waals surface area contributed by atoms with E-state index in [-0.39, 0.29) is 5.91 Å².